The van der Waals surface area contributed by atoms with E-state index in [1.54, 1.807) is 29.6 Å². The Morgan fingerprint density at radius 2 is 2.00 bits per heavy atom. The topological polar surface area (TPSA) is 84.9 Å². The van der Waals surface area contributed by atoms with Crippen LogP contribution in [0.25, 0.3) is 23.0 Å². The number of hydrogen-bond acceptors (Lipinski definition) is 7. The van der Waals surface area contributed by atoms with E-state index in [0.29, 0.717) is 17.4 Å². The molecule has 84 valence electrons. The number of nitrogens with zero attached hydrogens (tertiary/aromatic N) is 4. The third kappa shape index (κ3) is 1.87. The summed E-state index contributed by atoms with van der Waals surface area (Å²) in [6.45, 7) is 0. The lowest BCUT2D eigenvalue weighted by Gasteiger charge is -1.93. The molecule has 0 spiro atoms. The van der Waals surface area contributed by atoms with Crippen molar-refractivity contribution in [3.8, 4) is 28.7 Å². The van der Waals surface area contributed by atoms with Crippen molar-refractivity contribution in [2.24, 2.45) is 0 Å². The van der Waals surface area contributed by atoms with Crippen molar-refractivity contribution in [1.82, 2.24) is 19.7 Å². The minimum atomic E-state index is 0.196. The van der Waals surface area contributed by atoms with Crippen LogP contribution in [0.2, 0.25) is 0 Å². The van der Waals surface area contributed by atoms with Crippen LogP contribution in [0.1, 0.15) is 0 Å². The summed E-state index contributed by atoms with van der Waals surface area (Å²) in [5.41, 5.74) is 1.33. The van der Waals surface area contributed by atoms with Gasteiger partial charge < -0.3 is 9.63 Å². The van der Waals surface area contributed by atoms with Crippen LogP contribution in [0.5, 0.6) is 5.75 Å². The van der Waals surface area contributed by atoms with Gasteiger partial charge >= 0.3 is 0 Å². The minimum Gasteiger partial charge on any atom is -0.508 e. The molecular weight excluding hydrogens is 240 g/mol. The van der Waals surface area contributed by atoms with Crippen molar-refractivity contribution in [2.75, 3.05) is 0 Å². The first kappa shape index (κ1) is 9.91. The van der Waals surface area contributed by atoms with Crippen molar-refractivity contribution in [3.05, 3.63) is 29.6 Å². The maximum Gasteiger partial charge on any atom is 0.279 e. The molecule has 0 fully saturated rings. The van der Waals surface area contributed by atoms with Gasteiger partial charge in [-0.2, -0.15) is 4.98 Å². The third-order valence-electron chi connectivity index (χ3n) is 2.13. The molecule has 6 nitrogen and oxygen atoms in total. The molecule has 3 aromatic rings. The van der Waals surface area contributed by atoms with Gasteiger partial charge in [-0.3, -0.25) is 0 Å². The van der Waals surface area contributed by atoms with Gasteiger partial charge in [-0.1, -0.05) is 9.64 Å². The first-order valence-corrected chi connectivity index (χ1v) is 5.57. The molecule has 1 N–H and O–H groups in total. The summed E-state index contributed by atoms with van der Waals surface area (Å²) in [5.74, 6) is 0.982. The Hall–Kier alpha value is -2.28. The predicted molar refractivity (Wildman–Crippen MR) is 60.3 cm³/mol. The summed E-state index contributed by atoms with van der Waals surface area (Å²) >= 11 is 1.22. The summed E-state index contributed by atoms with van der Waals surface area (Å²) < 4.78 is 8.80. The number of benzene rings is 1. The van der Waals surface area contributed by atoms with E-state index in [9.17, 15) is 5.11 Å². The van der Waals surface area contributed by atoms with Crippen LogP contribution in [-0.2, 0) is 0 Å². The van der Waals surface area contributed by atoms with Gasteiger partial charge in [0.25, 0.3) is 5.89 Å². The van der Waals surface area contributed by atoms with E-state index < -0.39 is 0 Å². The summed E-state index contributed by atoms with van der Waals surface area (Å²) in [6, 6.07) is 6.55. The number of phenolic OH excluding ortho intramolecular Hbond substituents is 1. The molecule has 17 heavy (non-hydrogen) atoms. The highest BCUT2D eigenvalue weighted by Crippen LogP contribution is 2.22. The lowest BCUT2D eigenvalue weighted by molar-refractivity contribution is 0.431. The zero-order valence-electron chi connectivity index (χ0n) is 8.44. The van der Waals surface area contributed by atoms with Gasteiger partial charge in [0.05, 0.1) is 0 Å². The standard InChI is InChI=1S/C10H6N4O2S/c15-7-3-1-6(2-4-7)9-11-10(16-13-9)8-5-17-14-12-8/h1-5,15H. The van der Waals surface area contributed by atoms with Crippen LogP contribution in [0, 0.1) is 0 Å². The fourth-order valence-corrected chi connectivity index (χ4v) is 1.74. The van der Waals surface area contributed by atoms with Crippen molar-refractivity contribution < 1.29 is 9.63 Å². The lowest BCUT2D eigenvalue weighted by atomic mass is 10.2. The fourth-order valence-electron chi connectivity index (χ4n) is 1.31. The molecule has 0 atom stereocenters. The molecule has 0 aliphatic heterocycles. The Balaban J connectivity index is 1.98. The van der Waals surface area contributed by atoms with Crippen LogP contribution in [0.4, 0.5) is 0 Å². The van der Waals surface area contributed by atoms with Crippen LogP contribution < -0.4 is 0 Å². The number of aromatic nitrogens is 4. The second-order valence-corrected chi connectivity index (χ2v) is 3.87. The molecular formula is C10H6N4O2S. The van der Waals surface area contributed by atoms with Crippen molar-refractivity contribution in [3.63, 3.8) is 0 Å². The Morgan fingerprint density at radius 1 is 1.18 bits per heavy atom. The smallest absolute Gasteiger partial charge is 0.279 e. The van der Waals surface area contributed by atoms with Gasteiger partial charge in [-0.15, -0.1) is 5.10 Å². The Morgan fingerprint density at radius 3 is 2.71 bits per heavy atom. The van der Waals surface area contributed by atoms with Gasteiger partial charge in [-0.05, 0) is 35.8 Å². The zero-order chi connectivity index (χ0) is 11.7. The van der Waals surface area contributed by atoms with Crippen LogP contribution in [0.3, 0.4) is 0 Å². The van der Waals surface area contributed by atoms with Gasteiger partial charge in [0.2, 0.25) is 5.82 Å². The van der Waals surface area contributed by atoms with Crippen LogP contribution in [-0.4, -0.2) is 24.8 Å². The van der Waals surface area contributed by atoms with Crippen LogP contribution >= 0.6 is 11.5 Å². The van der Waals surface area contributed by atoms with Gasteiger partial charge in [0, 0.05) is 10.9 Å². The highest BCUT2D eigenvalue weighted by Gasteiger charge is 2.12. The number of hydrogen-bond donors (Lipinski definition) is 1. The number of aromatic hydroxyl groups is 1. The molecule has 0 bridgehead atoms. The SMILES string of the molecule is Oc1ccc(-c2noc(-c3csnn3)n2)cc1. The normalized spacial score (nSPS) is 10.6. The highest BCUT2D eigenvalue weighted by molar-refractivity contribution is 7.03. The lowest BCUT2D eigenvalue weighted by Crippen LogP contribution is -1.81. The molecule has 0 amide bonds. The summed E-state index contributed by atoms with van der Waals surface area (Å²) in [7, 11) is 0. The molecule has 2 aromatic heterocycles. The summed E-state index contributed by atoms with van der Waals surface area (Å²) in [6.07, 6.45) is 0. The third-order valence-corrected chi connectivity index (χ3v) is 2.64. The monoisotopic (exact) mass is 246 g/mol. The van der Waals surface area contributed by atoms with E-state index in [0.717, 1.165) is 5.56 Å². The van der Waals surface area contributed by atoms with E-state index in [4.69, 9.17) is 4.52 Å². The van der Waals surface area contributed by atoms with Gasteiger partial charge in [0.15, 0.2) is 5.69 Å². The first-order valence-electron chi connectivity index (χ1n) is 4.73. The second kappa shape index (κ2) is 3.95. The summed E-state index contributed by atoms with van der Waals surface area (Å²) in [4.78, 5) is 4.20. The molecule has 0 aliphatic rings. The average molecular weight is 246 g/mol. The average Bonchev–Trinajstić information content (AvgIpc) is 3.00. The predicted octanol–water partition coefficient (Wildman–Crippen LogP) is 1.96. The molecule has 0 aliphatic carbocycles. The van der Waals surface area contributed by atoms with E-state index in [-0.39, 0.29) is 5.75 Å². The molecule has 0 saturated carbocycles. The Bertz CT molecular complexity index is 618. The maximum absolute atomic E-state index is 9.18. The van der Waals surface area contributed by atoms with Gasteiger partial charge in [0.1, 0.15) is 5.75 Å². The fraction of sp³-hybridized carbons (Fsp3) is 0. The minimum absolute atomic E-state index is 0.196. The van der Waals surface area contributed by atoms with Crippen molar-refractivity contribution in [2.45, 2.75) is 0 Å². The second-order valence-electron chi connectivity index (χ2n) is 3.26. The quantitative estimate of drug-likeness (QED) is 0.744. The maximum atomic E-state index is 9.18. The molecule has 1 aromatic carbocycles. The van der Waals surface area contributed by atoms with Crippen molar-refractivity contribution in [1.29, 1.82) is 0 Å². The largest absolute Gasteiger partial charge is 0.508 e. The molecule has 2 heterocycles. The summed E-state index contributed by atoms with van der Waals surface area (Å²) in [5, 5.41) is 18.6. The van der Waals surface area contributed by atoms with Gasteiger partial charge in [-0.25, -0.2) is 0 Å². The molecule has 0 saturated heterocycles. The molecule has 0 radical (unpaired) electrons. The molecule has 0 unspecified atom stereocenters. The van der Waals surface area contributed by atoms with Crippen molar-refractivity contribution >= 4 is 11.5 Å². The Kier molecular flexibility index (Phi) is 2.30. The number of rotatable bonds is 2. The molecule has 7 heteroatoms. The number of phenols is 1. The van der Waals surface area contributed by atoms with E-state index >= 15 is 0 Å². The molecule has 3 rings (SSSR count). The van der Waals surface area contributed by atoms with E-state index in [1.165, 1.54) is 11.5 Å². The highest BCUT2D eigenvalue weighted by atomic mass is 32.1. The van der Waals surface area contributed by atoms with Crippen LogP contribution in [0.15, 0.2) is 34.2 Å². The zero-order valence-corrected chi connectivity index (χ0v) is 9.26. The van der Waals surface area contributed by atoms with E-state index in [2.05, 4.69) is 19.7 Å². The van der Waals surface area contributed by atoms with E-state index in [1.807, 2.05) is 0 Å². The Labute approximate surface area is 99.7 Å². The first-order chi connectivity index (χ1) is 8.33.